The lowest BCUT2D eigenvalue weighted by atomic mass is 10.1. The number of carbonyl (C=O) groups is 2. The van der Waals surface area contributed by atoms with Crippen molar-refractivity contribution in [1.29, 1.82) is 0 Å². The van der Waals surface area contributed by atoms with Crippen molar-refractivity contribution in [3.05, 3.63) is 77.1 Å². The third kappa shape index (κ3) is 5.17. The van der Waals surface area contributed by atoms with Crippen molar-refractivity contribution < 1.29 is 18.0 Å². The van der Waals surface area contributed by atoms with Gasteiger partial charge in [-0.25, -0.2) is 17.8 Å². The Hall–Kier alpha value is -3.79. The van der Waals surface area contributed by atoms with E-state index in [4.69, 9.17) is 0 Å². The van der Waals surface area contributed by atoms with Crippen molar-refractivity contribution in [3.8, 4) is 11.3 Å². The van der Waals surface area contributed by atoms with Crippen LogP contribution >= 0.6 is 0 Å². The van der Waals surface area contributed by atoms with E-state index in [1.807, 2.05) is 35.1 Å². The molecule has 0 atom stereocenters. The van der Waals surface area contributed by atoms with Gasteiger partial charge in [-0.15, -0.1) is 0 Å². The van der Waals surface area contributed by atoms with Gasteiger partial charge in [0.2, 0.25) is 11.8 Å². The second-order valence-corrected chi connectivity index (χ2v) is 8.00. The van der Waals surface area contributed by atoms with Gasteiger partial charge < -0.3 is 5.32 Å². The lowest BCUT2D eigenvalue weighted by molar-refractivity contribution is -0.118. The van der Waals surface area contributed by atoms with Crippen LogP contribution in [0, 0.1) is 0 Å². The summed E-state index contributed by atoms with van der Waals surface area (Å²) in [5, 5.41) is 6.80. The van der Waals surface area contributed by atoms with E-state index in [0.29, 0.717) is 11.4 Å². The number of anilines is 1. The Bertz CT molecular complexity index is 1240. The molecule has 2 aromatic carbocycles. The van der Waals surface area contributed by atoms with Crippen molar-refractivity contribution in [2.75, 3.05) is 5.32 Å². The molecular formula is C20H18N4O5S. The maximum absolute atomic E-state index is 12.3. The molecule has 2 amide bonds. The fraction of sp³-hybridized carbons (Fsp3) is 0.100. The zero-order valence-electron chi connectivity index (χ0n) is 15.9. The summed E-state index contributed by atoms with van der Waals surface area (Å²) in [5.41, 5.74) is 1.26. The summed E-state index contributed by atoms with van der Waals surface area (Å²) in [7, 11) is -3.96. The minimum atomic E-state index is -3.96. The van der Waals surface area contributed by atoms with Crippen LogP contribution in [-0.4, -0.2) is 30.0 Å². The Balaban J connectivity index is 1.72. The van der Waals surface area contributed by atoms with Gasteiger partial charge in [-0.05, 0) is 30.3 Å². The lowest BCUT2D eigenvalue weighted by Crippen LogP contribution is -2.29. The molecule has 0 aliphatic rings. The first kappa shape index (κ1) is 20.9. The first-order chi connectivity index (χ1) is 14.2. The second kappa shape index (κ2) is 8.70. The molecule has 0 fully saturated rings. The molecule has 10 heteroatoms. The summed E-state index contributed by atoms with van der Waals surface area (Å²) < 4.78 is 26.8. The van der Waals surface area contributed by atoms with Gasteiger partial charge in [0.1, 0.15) is 6.54 Å². The monoisotopic (exact) mass is 426 g/mol. The Labute approximate surface area is 172 Å². The maximum Gasteiger partial charge on any atom is 0.267 e. The van der Waals surface area contributed by atoms with E-state index in [-0.39, 0.29) is 11.4 Å². The number of nitrogens with one attached hydrogen (secondary N) is 2. The molecule has 0 aliphatic carbocycles. The number of carbonyl (C=O) groups excluding carboxylic acids is 2. The predicted molar refractivity (Wildman–Crippen MR) is 110 cm³/mol. The molecule has 0 spiro atoms. The Kier molecular flexibility index (Phi) is 6.07. The van der Waals surface area contributed by atoms with Crippen LogP contribution in [0.15, 0.2) is 76.4 Å². The molecule has 3 aromatic rings. The van der Waals surface area contributed by atoms with E-state index >= 15 is 0 Å². The Morgan fingerprint density at radius 2 is 1.63 bits per heavy atom. The SMILES string of the molecule is CC(=O)NS(=O)(=O)c1ccc(NC(=O)Cn2nc(-c3ccccc3)ccc2=O)cc1. The fourth-order valence-corrected chi connectivity index (χ4v) is 3.62. The zero-order chi connectivity index (χ0) is 21.7. The number of sulfonamides is 1. The van der Waals surface area contributed by atoms with E-state index < -0.39 is 27.4 Å². The summed E-state index contributed by atoms with van der Waals surface area (Å²) in [6, 6.07) is 17.4. The van der Waals surface area contributed by atoms with Crippen LogP contribution in [0.4, 0.5) is 5.69 Å². The van der Waals surface area contributed by atoms with Gasteiger partial charge in [0, 0.05) is 24.2 Å². The number of aromatic nitrogens is 2. The molecule has 30 heavy (non-hydrogen) atoms. The fourth-order valence-electron chi connectivity index (χ4n) is 2.63. The molecule has 0 unspecified atom stereocenters. The predicted octanol–water partition coefficient (Wildman–Crippen LogP) is 1.37. The number of nitrogens with zero attached hydrogens (tertiary/aromatic N) is 2. The summed E-state index contributed by atoms with van der Waals surface area (Å²) in [4.78, 5) is 35.2. The smallest absolute Gasteiger partial charge is 0.267 e. The van der Waals surface area contributed by atoms with Crippen molar-refractivity contribution >= 4 is 27.5 Å². The van der Waals surface area contributed by atoms with E-state index in [9.17, 15) is 22.8 Å². The molecule has 9 nitrogen and oxygen atoms in total. The van der Waals surface area contributed by atoms with Gasteiger partial charge in [0.05, 0.1) is 10.6 Å². The third-order valence-corrected chi connectivity index (χ3v) is 5.40. The maximum atomic E-state index is 12.3. The van der Waals surface area contributed by atoms with Crippen molar-refractivity contribution in [2.24, 2.45) is 0 Å². The minimum Gasteiger partial charge on any atom is -0.324 e. The summed E-state index contributed by atoms with van der Waals surface area (Å²) in [6.07, 6.45) is 0. The van der Waals surface area contributed by atoms with Gasteiger partial charge >= 0.3 is 0 Å². The number of benzene rings is 2. The van der Waals surface area contributed by atoms with Crippen LogP contribution in [0.1, 0.15) is 6.92 Å². The third-order valence-electron chi connectivity index (χ3n) is 3.96. The highest BCUT2D eigenvalue weighted by molar-refractivity contribution is 7.90. The van der Waals surface area contributed by atoms with E-state index in [1.165, 1.54) is 30.3 Å². The standard InChI is InChI=1S/C20H18N4O5S/c1-14(25)23-30(28,29)17-9-7-16(8-10-17)21-19(26)13-24-20(27)12-11-18(22-24)15-5-3-2-4-6-15/h2-12H,13H2,1H3,(H,21,26)(H,23,25). The zero-order valence-corrected chi connectivity index (χ0v) is 16.7. The molecule has 0 saturated carbocycles. The van der Waals surface area contributed by atoms with Gasteiger partial charge in [-0.2, -0.15) is 5.10 Å². The van der Waals surface area contributed by atoms with Crippen molar-refractivity contribution in [3.63, 3.8) is 0 Å². The summed E-state index contributed by atoms with van der Waals surface area (Å²) in [6.45, 7) is 0.778. The molecule has 2 N–H and O–H groups in total. The number of amides is 2. The molecule has 0 radical (unpaired) electrons. The number of rotatable bonds is 6. The molecule has 3 rings (SSSR count). The van der Waals surface area contributed by atoms with Crippen molar-refractivity contribution in [2.45, 2.75) is 18.4 Å². The second-order valence-electron chi connectivity index (χ2n) is 6.31. The van der Waals surface area contributed by atoms with Gasteiger partial charge in [-0.3, -0.25) is 14.4 Å². The van der Waals surface area contributed by atoms with E-state index in [0.717, 1.165) is 17.2 Å². The lowest BCUT2D eigenvalue weighted by Gasteiger charge is -2.09. The first-order valence-corrected chi connectivity index (χ1v) is 10.3. The summed E-state index contributed by atoms with van der Waals surface area (Å²) in [5.74, 6) is -1.21. The van der Waals surface area contributed by atoms with Crippen LogP contribution in [0.3, 0.4) is 0 Å². The topological polar surface area (TPSA) is 127 Å². The molecule has 1 heterocycles. The molecule has 154 valence electrons. The summed E-state index contributed by atoms with van der Waals surface area (Å²) >= 11 is 0. The Morgan fingerprint density at radius 3 is 2.27 bits per heavy atom. The number of hydrogen-bond donors (Lipinski definition) is 2. The first-order valence-electron chi connectivity index (χ1n) is 8.81. The molecule has 0 saturated heterocycles. The molecule has 0 aliphatic heterocycles. The number of hydrogen-bond acceptors (Lipinski definition) is 6. The van der Waals surface area contributed by atoms with Crippen LogP contribution in [0.2, 0.25) is 0 Å². The van der Waals surface area contributed by atoms with Gasteiger partial charge in [-0.1, -0.05) is 30.3 Å². The molecule has 1 aromatic heterocycles. The normalized spacial score (nSPS) is 11.0. The largest absolute Gasteiger partial charge is 0.324 e. The van der Waals surface area contributed by atoms with Gasteiger partial charge in [0.15, 0.2) is 0 Å². The molecular weight excluding hydrogens is 408 g/mol. The highest BCUT2D eigenvalue weighted by Crippen LogP contribution is 2.15. The average Bonchev–Trinajstić information content (AvgIpc) is 2.70. The van der Waals surface area contributed by atoms with E-state index in [2.05, 4.69) is 10.4 Å². The van der Waals surface area contributed by atoms with Gasteiger partial charge in [0.25, 0.3) is 15.6 Å². The quantitative estimate of drug-likeness (QED) is 0.613. The highest BCUT2D eigenvalue weighted by atomic mass is 32.2. The van der Waals surface area contributed by atoms with Crippen LogP contribution in [0.5, 0.6) is 0 Å². The van der Waals surface area contributed by atoms with Crippen LogP contribution in [-0.2, 0) is 26.2 Å². The Morgan fingerprint density at radius 1 is 0.967 bits per heavy atom. The van der Waals surface area contributed by atoms with Crippen LogP contribution < -0.4 is 15.6 Å². The minimum absolute atomic E-state index is 0.121. The average molecular weight is 426 g/mol. The van der Waals surface area contributed by atoms with Crippen LogP contribution in [0.25, 0.3) is 11.3 Å². The molecule has 0 bridgehead atoms. The van der Waals surface area contributed by atoms with Crippen molar-refractivity contribution in [1.82, 2.24) is 14.5 Å². The highest BCUT2D eigenvalue weighted by Gasteiger charge is 2.15. The van der Waals surface area contributed by atoms with E-state index in [1.54, 1.807) is 6.07 Å².